The molecular weight excluding hydrogens is 268 g/mol. The van der Waals surface area contributed by atoms with Crippen LogP contribution >= 0.6 is 0 Å². The molecule has 2 rings (SSSR count). The van der Waals surface area contributed by atoms with Gasteiger partial charge in [0.05, 0.1) is 0 Å². The van der Waals surface area contributed by atoms with Gasteiger partial charge in [0.15, 0.2) is 0 Å². The number of amides is 3. The zero-order valence-electron chi connectivity index (χ0n) is 12.9. The van der Waals surface area contributed by atoms with Gasteiger partial charge < -0.3 is 5.32 Å². The molecular formula is C16H22N2O3. The summed E-state index contributed by atoms with van der Waals surface area (Å²) < 4.78 is 0. The van der Waals surface area contributed by atoms with Crippen LogP contribution in [-0.4, -0.2) is 23.8 Å². The van der Waals surface area contributed by atoms with Gasteiger partial charge in [0, 0.05) is 12.0 Å². The number of hydrogen-bond acceptors (Lipinski definition) is 3. The van der Waals surface area contributed by atoms with E-state index in [0.29, 0.717) is 12.0 Å². The standard InChI is InChI=1S/C14H16N2O3.C2H6/c1-8-4-3-5-10(9(8)2)13(18)15-11-6-7-12(17)16-14(11)19;1-2/h3-5,11H,6-7H2,1-2H3,(H,15,18)(H,16,17,19);1-2H3. The van der Waals surface area contributed by atoms with E-state index in [2.05, 4.69) is 10.6 Å². The fraction of sp³-hybridized carbons (Fsp3) is 0.438. The normalized spacial score (nSPS) is 17.4. The van der Waals surface area contributed by atoms with Crippen molar-refractivity contribution in [3.63, 3.8) is 0 Å². The fourth-order valence-corrected chi connectivity index (χ4v) is 2.06. The largest absolute Gasteiger partial charge is 0.340 e. The molecule has 1 unspecified atom stereocenters. The molecule has 0 aliphatic carbocycles. The Morgan fingerprint density at radius 1 is 1.24 bits per heavy atom. The molecule has 0 bridgehead atoms. The highest BCUT2D eigenvalue weighted by Gasteiger charge is 2.28. The van der Waals surface area contributed by atoms with Gasteiger partial charge in [-0.1, -0.05) is 26.0 Å². The first-order valence-corrected chi connectivity index (χ1v) is 7.20. The van der Waals surface area contributed by atoms with Gasteiger partial charge in [0.25, 0.3) is 5.91 Å². The summed E-state index contributed by atoms with van der Waals surface area (Å²) in [6.45, 7) is 7.80. The summed E-state index contributed by atoms with van der Waals surface area (Å²) in [6, 6.07) is 4.83. The number of imide groups is 1. The second kappa shape index (κ2) is 7.57. The minimum absolute atomic E-state index is 0.253. The summed E-state index contributed by atoms with van der Waals surface area (Å²) in [5.74, 6) is -1.01. The van der Waals surface area contributed by atoms with E-state index in [4.69, 9.17) is 0 Å². The van der Waals surface area contributed by atoms with Gasteiger partial charge in [-0.05, 0) is 37.5 Å². The average Bonchev–Trinajstić information content (AvgIpc) is 2.47. The van der Waals surface area contributed by atoms with Crippen LogP contribution in [0, 0.1) is 13.8 Å². The van der Waals surface area contributed by atoms with E-state index in [0.717, 1.165) is 11.1 Å². The van der Waals surface area contributed by atoms with Crippen LogP contribution < -0.4 is 10.6 Å². The molecule has 0 saturated carbocycles. The van der Waals surface area contributed by atoms with Crippen LogP contribution in [0.1, 0.15) is 48.2 Å². The summed E-state index contributed by atoms with van der Waals surface area (Å²) in [5, 5.41) is 4.89. The minimum Gasteiger partial charge on any atom is -0.340 e. The Kier molecular flexibility index (Phi) is 6.09. The summed E-state index contributed by atoms with van der Waals surface area (Å²) in [7, 11) is 0. The monoisotopic (exact) mass is 290 g/mol. The molecule has 1 aromatic carbocycles. The molecule has 1 aliphatic heterocycles. The Labute approximate surface area is 125 Å². The number of hydrogen-bond donors (Lipinski definition) is 2. The van der Waals surface area contributed by atoms with Crippen molar-refractivity contribution in [2.24, 2.45) is 0 Å². The van der Waals surface area contributed by atoms with Crippen molar-refractivity contribution >= 4 is 17.7 Å². The van der Waals surface area contributed by atoms with Gasteiger partial charge in [-0.3, -0.25) is 19.7 Å². The highest BCUT2D eigenvalue weighted by Crippen LogP contribution is 2.13. The third-order valence-electron chi connectivity index (χ3n) is 3.39. The van der Waals surface area contributed by atoms with E-state index in [1.807, 2.05) is 39.8 Å². The average molecular weight is 290 g/mol. The van der Waals surface area contributed by atoms with E-state index < -0.39 is 11.9 Å². The number of carbonyl (C=O) groups excluding carboxylic acids is 3. The van der Waals surface area contributed by atoms with Crippen LogP contribution in [0.2, 0.25) is 0 Å². The topological polar surface area (TPSA) is 75.3 Å². The number of nitrogens with one attached hydrogen (secondary N) is 2. The first-order chi connectivity index (χ1) is 9.99. The van der Waals surface area contributed by atoms with Crippen LogP contribution in [0.4, 0.5) is 0 Å². The predicted molar refractivity (Wildman–Crippen MR) is 80.9 cm³/mol. The van der Waals surface area contributed by atoms with Crippen molar-refractivity contribution in [2.45, 2.75) is 46.6 Å². The summed E-state index contributed by atoms with van der Waals surface area (Å²) >= 11 is 0. The minimum atomic E-state index is -0.634. The molecule has 0 spiro atoms. The molecule has 2 N–H and O–H groups in total. The van der Waals surface area contributed by atoms with Crippen molar-refractivity contribution in [2.75, 3.05) is 0 Å². The second-order valence-corrected chi connectivity index (χ2v) is 4.72. The maximum Gasteiger partial charge on any atom is 0.252 e. The van der Waals surface area contributed by atoms with Gasteiger partial charge >= 0.3 is 0 Å². The van der Waals surface area contributed by atoms with E-state index in [1.165, 1.54) is 0 Å². The third kappa shape index (κ3) is 4.15. The number of carbonyl (C=O) groups is 3. The van der Waals surface area contributed by atoms with Crippen molar-refractivity contribution < 1.29 is 14.4 Å². The fourth-order valence-electron chi connectivity index (χ4n) is 2.06. The molecule has 114 valence electrons. The van der Waals surface area contributed by atoms with E-state index in [9.17, 15) is 14.4 Å². The van der Waals surface area contributed by atoms with Gasteiger partial charge in [-0.2, -0.15) is 0 Å². The zero-order chi connectivity index (χ0) is 16.0. The molecule has 3 amide bonds. The maximum absolute atomic E-state index is 12.1. The van der Waals surface area contributed by atoms with Crippen LogP contribution in [0.5, 0.6) is 0 Å². The van der Waals surface area contributed by atoms with Crippen molar-refractivity contribution in [3.8, 4) is 0 Å². The molecule has 1 atom stereocenters. The molecule has 21 heavy (non-hydrogen) atoms. The lowest BCUT2D eigenvalue weighted by Crippen LogP contribution is -2.52. The van der Waals surface area contributed by atoms with Crippen LogP contribution in [0.25, 0.3) is 0 Å². The number of piperidine rings is 1. The third-order valence-corrected chi connectivity index (χ3v) is 3.39. The van der Waals surface area contributed by atoms with Crippen molar-refractivity contribution in [1.29, 1.82) is 0 Å². The Bertz CT molecular complexity index is 552. The Hall–Kier alpha value is -2.17. The molecule has 1 heterocycles. The lowest BCUT2D eigenvalue weighted by Gasteiger charge is -2.22. The summed E-state index contributed by atoms with van der Waals surface area (Å²) in [4.78, 5) is 34.7. The number of aryl methyl sites for hydroxylation is 1. The Balaban J connectivity index is 0.00000106. The van der Waals surface area contributed by atoms with Gasteiger partial charge in [-0.15, -0.1) is 0 Å². The van der Waals surface area contributed by atoms with Crippen LogP contribution in [0.15, 0.2) is 18.2 Å². The van der Waals surface area contributed by atoms with E-state index >= 15 is 0 Å². The van der Waals surface area contributed by atoms with E-state index in [-0.39, 0.29) is 18.2 Å². The molecule has 0 aromatic heterocycles. The van der Waals surface area contributed by atoms with Crippen LogP contribution in [0.3, 0.4) is 0 Å². The molecule has 1 saturated heterocycles. The second-order valence-electron chi connectivity index (χ2n) is 4.72. The Morgan fingerprint density at radius 2 is 1.90 bits per heavy atom. The maximum atomic E-state index is 12.1. The summed E-state index contributed by atoms with van der Waals surface area (Å²) in [6.07, 6.45) is 0.602. The molecule has 5 nitrogen and oxygen atoms in total. The van der Waals surface area contributed by atoms with Gasteiger partial charge in [0.2, 0.25) is 11.8 Å². The smallest absolute Gasteiger partial charge is 0.252 e. The molecule has 1 aliphatic rings. The number of rotatable bonds is 2. The molecule has 5 heteroatoms. The lowest BCUT2D eigenvalue weighted by molar-refractivity contribution is -0.134. The highest BCUT2D eigenvalue weighted by atomic mass is 16.2. The molecule has 1 fully saturated rings. The highest BCUT2D eigenvalue weighted by molar-refractivity contribution is 6.04. The number of benzene rings is 1. The van der Waals surface area contributed by atoms with E-state index in [1.54, 1.807) is 6.07 Å². The first kappa shape index (κ1) is 16.9. The summed E-state index contributed by atoms with van der Waals surface area (Å²) in [5.41, 5.74) is 2.48. The van der Waals surface area contributed by atoms with Gasteiger partial charge in [-0.25, -0.2) is 0 Å². The predicted octanol–water partition coefficient (Wildman–Crippen LogP) is 1.86. The van der Waals surface area contributed by atoms with Crippen molar-refractivity contribution in [3.05, 3.63) is 34.9 Å². The molecule has 1 aromatic rings. The van der Waals surface area contributed by atoms with Gasteiger partial charge in [0.1, 0.15) is 6.04 Å². The van der Waals surface area contributed by atoms with Crippen molar-refractivity contribution in [1.82, 2.24) is 10.6 Å². The Morgan fingerprint density at radius 3 is 2.52 bits per heavy atom. The van der Waals surface area contributed by atoms with Crippen LogP contribution in [-0.2, 0) is 9.59 Å². The SMILES string of the molecule is CC.Cc1cccc(C(=O)NC2CCC(=O)NC2=O)c1C. The molecule has 0 radical (unpaired) electrons. The zero-order valence-corrected chi connectivity index (χ0v) is 12.9. The lowest BCUT2D eigenvalue weighted by atomic mass is 10.0. The first-order valence-electron chi connectivity index (χ1n) is 7.20. The quantitative estimate of drug-likeness (QED) is 0.816.